The molecule has 3 aromatic heterocycles. The maximum atomic E-state index is 14.3. The molecule has 11 heteroatoms. The third kappa shape index (κ3) is 5.30. The molecule has 10 nitrogen and oxygen atoms in total. The molecule has 0 aliphatic rings. The zero-order valence-electron chi connectivity index (χ0n) is 23.7. The van der Waals surface area contributed by atoms with E-state index in [1.165, 1.54) is 35.9 Å². The Morgan fingerprint density at radius 1 is 1.10 bits per heavy atom. The predicted octanol–water partition coefficient (Wildman–Crippen LogP) is 4.82. The molecule has 0 aliphatic heterocycles. The van der Waals surface area contributed by atoms with E-state index < -0.39 is 23.4 Å². The van der Waals surface area contributed by atoms with Gasteiger partial charge in [0.1, 0.15) is 28.5 Å². The average molecular weight is 575 g/mol. The summed E-state index contributed by atoms with van der Waals surface area (Å²) in [4.78, 5) is 46.5. The van der Waals surface area contributed by atoms with Crippen molar-refractivity contribution in [3.63, 3.8) is 0 Å². The van der Waals surface area contributed by atoms with Crippen LogP contribution in [0.3, 0.4) is 0 Å². The molecule has 5 aromatic rings. The number of methoxy groups -OCH3 is 1. The molecule has 1 atom stereocenters. The molecule has 0 spiro atoms. The first-order valence-electron chi connectivity index (χ1n) is 13.5. The second-order valence-electron chi connectivity index (χ2n) is 10.4. The van der Waals surface area contributed by atoms with Gasteiger partial charge < -0.3 is 24.2 Å². The minimum Gasteiger partial charge on any atom is -0.463 e. The van der Waals surface area contributed by atoms with Crippen LogP contribution in [0, 0.1) is 18.7 Å². The molecule has 0 radical (unpaired) electrons. The van der Waals surface area contributed by atoms with Gasteiger partial charge in [0.25, 0.3) is 11.5 Å². The Kier molecular flexibility index (Phi) is 7.95. The number of benzene rings is 2. The number of nitrogens with two attached hydrogens (primary N) is 1. The highest BCUT2D eigenvalue weighted by Gasteiger charge is 2.33. The first kappa shape index (κ1) is 28.7. The molecule has 0 bridgehead atoms. The quantitative estimate of drug-likeness (QED) is 0.248. The van der Waals surface area contributed by atoms with Crippen molar-refractivity contribution in [2.24, 2.45) is 11.7 Å². The third-order valence-corrected chi connectivity index (χ3v) is 7.09. The van der Waals surface area contributed by atoms with Crippen molar-refractivity contribution in [1.29, 1.82) is 0 Å². The van der Waals surface area contributed by atoms with Gasteiger partial charge in [0.05, 0.1) is 19.7 Å². The van der Waals surface area contributed by atoms with Crippen LogP contribution >= 0.6 is 0 Å². The molecule has 42 heavy (non-hydrogen) atoms. The monoisotopic (exact) mass is 574 g/mol. The van der Waals surface area contributed by atoms with Crippen LogP contribution < -0.4 is 11.3 Å². The zero-order chi connectivity index (χ0) is 30.1. The highest BCUT2D eigenvalue weighted by molar-refractivity contribution is 6.02. The van der Waals surface area contributed by atoms with Crippen molar-refractivity contribution < 1.29 is 27.6 Å². The van der Waals surface area contributed by atoms with Crippen molar-refractivity contribution in [2.45, 2.75) is 33.4 Å². The van der Waals surface area contributed by atoms with E-state index in [1.807, 2.05) is 32.9 Å². The summed E-state index contributed by atoms with van der Waals surface area (Å²) in [6.07, 6.45) is 0. The van der Waals surface area contributed by atoms with Crippen LogP contribution in [0.25, 0.3) is 22.1 Å². The van der Waals surface area contributed by atoms with E-state index in [2.05, 4.69) is 0 Å². The Balaban J connectivity index is 1.74. The Labute approximate surface area is 240 Å². The van der Waals surface area contributed by atoms with E-state index in [4.69, 9.17) is 24.3 Å². The number of aromatic nitrogens is 2. The number of esters is 1. The van der Waals surface area contributed by atoms with Crippen molar-refractivity contribution >= 4 is 33.9 Å². The first-order valence-corrected chi connectivity index (χ1v) is 13.5. The molecule has 218 valence electrons. The molecule has 3 heterocycles. The number of halogens is 1. The second-order valence-corrected chi connectivity index (χ2v) is 10.4. The van der Waals surface area contributed by atoms with E-state index >= 15 is 0 Å². The predicted molar refractivity (Wildman–Crippen MR) is 154 cm³/mol. The van der Waals surface area contributed by atoms with Gasteiger partial charge >= 0.3 is 5.97 Å². The van der Waals surface area contributed by atoms with E-state index in [-0.39, 0.29) is 59.9 Å². The van der Waals surface area contributed by atoms with E-state index in [0.717, 1.165) is 5.56 Å². The van der Waals surface area contributed by atoms with Crippen LogP contribution in [0.5, 0.6) is 0 Å². The summed E-state index contributed by atoms with van der Waals surface area (Å²) in [5.74, 6) is -1.22. The Bertz CT molecular complexity index is 1840. The third-order valence-electron chi connectivity index (χ3n) is 7.09. The summed E-state index contributed by atoms with van der Waals surface area (Å²) in [7, 11) is 1.24. The number of carbonyl (C=O) groups excluding carboxylic acids is 2. The van der Waals surface area contributed by atoms with Gasteiger partial charge in [-0.05, 0) is 55.3 Å². The number of amides is 1. The van der Waals surface area contributed by atoms with Gasteiger partial charge in [-0.25, -0.2) is 14.2 Å². The number of ether oxygens (including phenoxy) is 1. The molecule has 5 rings (SSSR count). The van der Waals surface area contributed by atoms with Gasteiger partial charge in [0.2, 0.25) is 11.3 Å². The van der Waals surface area contributed by atoms with Gasteiger partial charge in [0.15, 0.2) is 0 Å². The Hall–Kier alpha value is -4.77. The fraction of sp³-hybridized carbons (Fsp3) is 0.290. The van der Waals surface area contributed by atoms with Crippen molar-refractivity contribution in [2.75, 3.05) is 20.2 Å². The molecular formula is C31H31FN4O6. The molecule has 1 amide bonds. The molecule has 2 aromatic carbocycles. The fourth-order valence-corrected chi connectivity index (χ4v) is 5.09. The molecule has 0 saturated heterocycles. The maximum absolute atomic E-state index is 14.3. The van der Waals surface area contributed by atoms with Crippen LogP contribution in [0.2, 0.25) is 0 Å². The van der Waals surface area contributed by atoms with Gasteiger partial charge in [-0.1, -0.05) is 31.5 Å². The summed E-state index contributed by atoms with van der Waals surface area (Å²) < 4.78 is 31.9. The number of fused-ring (bicyclic) bond motifs is 3. The van der Waals surface area contributed by atoms with Crippen LogP contribution in [0.4, 0.5) is 4.39 Å². The van der Waals surface area contributed by atoms with Gasteiger partial charge in [-0.3, -0.25) is 14.2 Å². The van der Waals surface area contributed by atoms with Crippen LogP contribution in [0.15, 0.2) is 68.2 Å². The number of hydrogen-bond donors (Lipinski definition) is 1. The number of furan rings is 2. The summed E-state index contributed by atoms with van der Waals surface area (Å²) in [6, 6.07) is 13.4. The lowest BCUT2D eigenvalue weighted by Gasteiger charge is -2.35. The number of aryl methyl sites for hydroxylation is 1. The summed E-state index contributed by atoms with van der Waals surface area (Å²) >= 11 is 0. The molecule has 0 fully saturated rings. The zero-order valence-corrected chi connectivity index (χ0v) is 23.7. The molecule has 0 aliphatic carbocycles. The lowest BCUT2D eigenvalue weighted by molar-refractivity contribution is 0.0560. The standard InChI is InChI=1S/C31H31FN4O6/c1-17(2)26(35(14-13-33)29(37)19-7-5-18(3)6-8-19)28-34-25-22-15-20(32)9-11-23(22)42-27(25)30(38)36(28)16-21-10-12-24(41-21)31(39)40-4/h5-12,15,17,26H,13-14,16,33H2,1-4H3. The Morgan fingerprint density at radius 2 is 1.83 bits per heavy atom. The largest absolute Gasteiger partial charge is 0.463 e. The Morgan fingerprint density at radius 3 is 2.50 bits per heavy atom. The van der Waals surface area contributed by atoms with Crippen LogP contribution in [0.1, 0.15) is 58.0 Å². The van der Waals surface area contributed by atoms with E-state index in [0.29, 0.717) is 16.5 Å². The normalized spacial score (nSPS) is 12.3. The summed E-state index contributed by atoms with van der Waals surface area (Å²) in [6.45, 7) is 5.96. The summed E-state index contributed by atoms with van der Waals surface area (Å²) in [5.41, 5.74) is 7.29. The van der Waals surface area contributed by atoms with Crippen molar-refractivity contribution in [1.82, 2.24) is 14.5 Å². The van der Waals surface area contributed by atoms with E-state index in [1.54, 1.807) is 23.1 Å². The van der Waals surface area contributed by atoms with Gasteiger partial charge in [0, 0.05) is 24.0 Å². The summed E-state index contributed by atoms with van der Waals surface area (Å²) in [5, 5.41) is 0.333. The number of rotatable bonds is 9. The first-order chi connectivity index (χ1) is 20.1. The highest BCUT2D eigenvalue weighted by atomic mass is 19.1. The number of nitrogens with zero attached hydrogens (tertiary/aromatic N) is 3. The highest BCUT2D eigenvalue weighted by Crippen LogP contribution is 2.33. The number of carbonyl (C=O) groups is 2. The van der Waals surface area contributed by atoms with Gasteiger partial charge in [-0.2, -0.15) is 0 Å². The minimum absolute atomic E-state index is 0.0323. The second kappa shape index (κ2) is 11.6. The van der Waals surface area contributed by atoms with Crippen LogP contribution in [-0.2, 0) is 11.3 Å². The lowest BCUT2D eigenvalue weighted by Crippen LogP contribution is -2.43. The smallest absolute Gasteiger partial charge is 0.373 e. The number of hydrogen-bond acceptors (Lipinski definition) is 8. The van der Waals surface area contributed by atoms with Crippen molar-refractivity contribution in [3.8, 4) is 0 Å². The van der Waals surface area contributed by atoms with Crippen molar-refractivity contribution in [3.05, 3.63) is 99.2 Å². The minimum atomic E-state index is -0.729. The maximum Gasteiger partial charge on any atom is 0.373 e. The topological polar surface area (TPSA) is 134 Å². The van der Waals surface area contributed by atoms with E-state index in [9.17, 15) is 18.8 Å². The van der Waals surface area contributed by atoms with Crippen LogP contribution in [-0.4, -0.2) is 46.5 Å². The lowest BCUT2D eigenvalue weighted by atomic mass is 9.99. The molecule has 1 unspecified atom stereocenters. The molecule has 2 N–H and O–H groups in total. The molecular weight excluding hydrogens is 543 g/mol. The van der Waals surface area contributed by atoms with Gasteiger partial charge in [-0.15, -0.1) is 0 Å². The average Bonchev–Trinajstić information content (AvgIpc) is 3.59. The fourth-order valence-electron chi connectivity index (χ4n) is 5.09. The SMILES string of the molecule is COC(=O)c1ccc(Cn2c(C(C(C)C)N(CCN)C(=O)c3ccc(C)cc3)nc3c(oc4ccc(F)cc43)c2=O)o1. The molecule has 0 saturated carbocycles.